The summed E-state index contributed by atoms with van der Waals surface area (Å²) in [6, 6.07) is 0. The standard InChI is InChI=1S/C10H21N2O/c1-6-10(13)11(2)8-7-9-12(3,4)5/h6H,1,7-9H2,2-5H3/q+1. The Kier molecular flexibility index (Phi) is 4.70. The number of hydrogen-bond donors (Lipinski definition) is 0. The number of nitrogens with zero attached hydrogens (tertiary/aromatic N) is 2. The number of amides is 1. The second kappa shape index (κ2) is 5.02. The zero-order chi connectivity index (χ0) is 10.5. The molecule has 0 radical (unpaired) electrons. The summed E-state index contributed by atoms with van der Waals surface area (Å²) in [5, 5.41) is 0. The molecule has 0 saturated heterocycles. The summed E-state index contributed by atoms with van der Waals surface area (Å²) in [6.07, 6.45) is 2.38. The molecule has 0 rings (SSSR count). The van der Waals surface area contributed by atoms with Crippen LogP contribution in [0.25, 0.3) is 0 Å². The van der Waals surface area contributed by atoms with Gasteiger partial charge in [-0.25, -0.2) is 0 Å². The lowest BCUT2D eigenvalue weighted by Crippen LogP contribution is -2.37. The van der Waals surface area contributed by atoms with Crippen LogP contribution in [0.5, 0.6) is 0 Å². The molecule has 0 aliphatic carbocycles. The van der Waals surface area contributed by atoms with Gasteiger partial charge in [0.05, 0.1) is 27.7 Å². The molecule has 0 N–H and O–H groups in total. The van der Waals surface area contributed by atoms with Gasteiger partial charge in [0.2, 0.25) is 5.91 Å². The van der Waals surface area contributed by atoms with Crippen LogP contribution in [0.15, 0.2) is 12.7 Å². The SMILES string of the molecule is C=CC(=O)N(C)CCC[N+](C)(C)C. The van der Waals surface area contributed by atoms with Crippen molar-refractivity contribution in [3.05, 3.63) is 12.7 Å². The van der Waals surface area contributed by atoms with Crippen LogP contribution in [0.4, 0.5) is 0 Å². The van der Waals surface area contributed by atoms with Crippen molar-refractivity contribution in [2.45, 2.75) is 6.42 Å². The molecule has 3 nitrogen and oxygen atoms in total. The molecule has 0 aromatic rings. The second-order valence-corrected chi connectivity index (χ2v) is 4.33. The van der Waals surface area contributed by atoms with Crippen molar-refractivity contribution in [1.82, 2.24) is 4.90 Å². The van der Waals surface area contributed by atoms with E-state index in [2.05, 4.69) is 27.7 Å². The molecule has 0 aromatic heterocycles. The first-order chi connectivity index (χ1) is 5.87. The van der Waals surface area contributed by atoms with E-state index >= 15 is 0 Å². The summed E-state index contributed by atoms with van der Waals surface area (Å²) >= 11 is 0. The van der Waals surface area contributed by atoms with Crippen molar-refractivity contribution in [1.29, 1.82) is 0 Å². The van der Waals surface area contributed by atoms with Gasteiger partial charge in [0.25, 0.3) is 0 Å². The summed E-state index contributed by atoms with van der Waals surface area (Å²) in [4.78, 5) is 12.8. The highest BCUT2D eigenvalue weighted by molar-refractivity contribution is 5.86. The van der Waals surface area contributed by atoms with Gasteiger partial charge in [0.15, 0.2) is 0 Å². The highest BCUT2D eigenvalue weighted by atomic mass is 16.2. The topological polar surface area (TPSA) is 20.3 Å². The van der Waals surface area contributed by atoms with E-state index in [-0.39, 0.29) is 5.91 Å². The third-order valence-corrected chi connectivity index (χ3v) is 1.87. The smallest absolute Gasteiger partial charge is 0.245 e. The zero-order valence-corrected chi connectivity index (χ0v) is 9.21. The van der Waals surface area contributed by atoms with Crippen molar-refractivity contribution < 1.29 is 9.28 Å². The third kappa shape index (κ3) is 6.34. The predicted molar refractivity (Wildman–Crippen MR) is 55.4 cm³/mol. The number of carbonyl (C=O) groups excluding carboxylic acids is 1. The van der Waals surface area contributed by atoms with Gasteiger partial charge in [-0.2, -0.15) is 0 Å². The van der Waals surface area contributed by atoms with Crippen LogP contribution < -0.4 is 0 Å². The average molecular weight is 185 g/mol. The van der Waals surface area contributed by atoms with Crippen molar-refractivity contribution in [3.63, 3.8) is 0 Å². The Bertz CT molecular complexity index is 182. The Balaban J connectivity index is 3.65. The lowest BCUT2D eigenvalue weighted by atomic mass is 10.3. The number of likely N-dealkylation sites (N-methyl/N-ethyl adjacent to an activating group) is 1. The van der Waals surface area contributed by atoms with E-state index < -0.39 is 0 Å². The Morgan fingerprint density at radius 2 is 2.00 bits per heavy atom. The Labute approximate surface area is 81.2 Å². The number of hydrogen-bond acceptors (Lipinski definition) is 1. The van der Waals surface area contributed by atoms with Gasteiger partial charge in [-0.1, -0.05) is 6.58 Å². The first kappa shape index (κ1) is 12.2. The second-order valence-electron chi connectivity index (χ2n) is 4.33. The molecule has 0 saturated carbocycles. The third-order valence-electron chi connectivity index (χ3n) is 1.87. The van der Waals surface area contributed by atoms with Gasteiger partial charge in [0.1, 0.15) is 0 Å². The molecule has 13 heavy (non-hydrogen) atoms. The maximum absolute atomic E-state index is 11.1. The fraction of sp³-hybridized carbons (Fsp3) is 0.700. The first-order valence-corrected chi connectivity index (χ1v) is 4.55. The van der Waals surface area contributed by atoms with E-state index in [0.717, 1.165) is 24.0 Å². The summed E-state index contributed by atoms with van der Waals surface area (Å²) in [5.74, 6) is 0.00130. The zero-order valence-electron chi connectivity index (χ0n) is 9.21. The van der Waals surface area contributed by atoms with Gasteiger partial charge in [0, 0.05) is 20.0 Å². The molecule has 76 valence electrons. The minimum Gasteiger partial charge on any atom is -0.342 e. The maximum Gasteiger partial charge on any atom is 0.245 e. The molecule has 1 amide bonds. The van der Waals surface area contributed by atoms with E-state index in [9.17, 15) is 4.79 Å². The number of quaternary nitrogens is 1. The van der Waals surface area contributed by atoms with Crippen molar-refractivity contribution in [3.8, 4) is 0 Å². The quantitative estimate of drug-likeness (QED) is 0.457. The van der Waals surface area contributed by atoms with E-state index in [1.165, 1.54) is 6.08 Å². The summed E-state index contributed by atoms with van der Waals surface area (Å²) in [5.41, 5.74) is 0. The highest BCUT2D eigenvalue weighted by Gasteiger charge is 2.08. The minimum absolute atomic E-state index is 0.00130. The van der Waals surface area contributed by atoms with Crippen LogP contribution in [0.3, 0.4) is 0 Å². The Hall–Kier alpha value is -0.830. The molecule has 0 fully saturated rings. The molecular weight excluding hydrogens is 164 g/mol. The summed E-state index contributed by atoms with van der Waals surface area (Å²) in [6.45, 7) is 5.33. The molecule has 0 bridgehead atoms. The summed E-state index contributed by atoms with van der Waals surface area (Å²) < 4.78 is 0.941. The molecule has 0 aliphatic rings. The Morgan fingerprint density at radius 3 is 2.38 bits per heavy atom. The maximum atomic E-state index is 11.1. The van der Waals surface area contributed by atoms with Gasteiger partial charge in [-0.05, 0) is 6.08 Å². The van der Waals surface area contributed by atoms with Crippen molar-refractivity contribution in [2.75, 3.05) is 41.3 Å². The number of rotatable bonds is 5. The van der Waals surface area contributed by atoms with Gasteiger partial charge < -0.3 is 9.38 Å². The molecule has 0 aromatic carbocycles. The molecular formula is C10H21N2O+. The van der Waals surface area contributed by atoms with Crippen LogP contribution in [0, 0.1) is 0 Å². The van der Waals surface area contributed by atoms with Crippen molar-refractivity contribution >= 4 is 5.91 Å². The van der Waals surface area contributed by atoms with E-state index in [0.29, 0.717) is 0 Å². The van der Waals surface area contributed by atoms with Crippen molar-refractivity contribution in [2.24, 2.45) is 0 Å². The number of carbonyl (C=O) groups is 1. The molecule has 3 heteroatoms. The lowest BCUT2D eigenvalue weighted by Gasteiger charge is -2.25. The fourth-order valence-corrected chi connectivity index (χ4v) is 1.05. The van der Waals surface area contributed by atoms with Gasteiger partial charge >= 0.3 is 0 Å². The van der Waals surface area contributed by atoms with Crippen LogP contribution in [-0.4, -0.2) is 56.6 Å². The normalized spacial score (nSPS) is 11.1. The minimum atomic E-state index is 0.00130. The van der Waals surface area contributed by atoms with Gasteiger partial charge in [-0.15, -0.1) is 0 Å². The average Bonchev–Trinajstić information content (AvgIpc) is 2.00. The van der Waals surface area contributed by atoms with Gasteiger partial charge in [-0.3, -0.25) is 4.79 Å². The molecule has 0 unspecified atom stereocenters. The fourth-order valence-electron chi connectivity index (χ4n) is 1.05. The Morgan fingerprint density at radius 1 is 1.46 bits per heavy atom. The largest absolute Gasteiger partial charge is 0.342 e. The van der Waals surface area contributed by atoms with E-state index in [4.69, 9.17) is 0 Å². The first-order valence-electron chi connectivity index (χ1n) is 4.55. The van der Waals surface area contributed by atoms with E-state index in [1.807, 2.05) is 0 Å². The molecule has 0 atom stereocenters. The molecule has 0 aliphatic heterocycles. The van der Waals surface area contributed by atoms with Crippen LogP contribution in [-0.2, 0) is 4.79 Å². The predicted octanol–water partition coefficient (Wildman–Crippen LogP) is 0.727. The van der Waals surface area contributed by atoms with Crippen LogP contribution >= 0.6 is 0 Å². The lowest BCUT2D eigenvalue weighted by molar-refractivity contribution is -0.870. The highest BCUT2D eigenvalue weighted by Crippen LogP contribution is 1.96. The van der Waals surface area contributed by atoms with E-state index in [1.54, 1.807) is 11.9 Å². The van der Waals surface area contributed by atoms with Crippen LogP contribution in [0.2, 0.25) is 0 Å². The van der Waals surface area contributed by atoms with Crippen LogP contribution in [0.1, 0.15) is 6.42 Å². The monoisotopic (exact) mass is 185 g/mol. The summed E-state index contributed by atoms with van der Waals surface area (Å²) in [7, 11) is 8.25. The molecule has 0 spiro atoms. The molecule has 0 heterocycles.